The summed E-state index contributed by atoms with van der Waals surface area (Å²) in [5.41, 5.74) is 2.93. The Morgan fingerprint density at radius 1 is 1.09 bits per heavy atom. The Balaban J connectivity index is 1.45. The van der Waals surface area contributed by atoms with Crippen LogP contribution in [-0.2, 0) is 16.9 Å². The van der Waals surface area contributed by atoms with Crippen LogP contribution in [-0.4, -0.2) is 38.5 Å². The smallest absolute Gasteiger partial charge is 0.174 e. The second-order valence-electron chi connectivity index (χ2n) is 8.35. The molecular weight excluding hydrogens is 433 g/mol. The van der Waals surface area contributed by atoms with Crippen LogP contribution < -0.4 is 4.74 Å². The first-order valence-corrected chi connectivity index (χ1v) is 11.2. The standard InChI is InChI=1S/C26H26FN5O2/c1-18-16-31(17-28-18)22-11-5-19(15-23(22)33-2)6-12-24-29-25-26(34-3,13-4-14-32(25)30-24)20-7-9-21(27)10-8-20/h5-12,15-17H,4,13-14H2,1-3H3/t26-/m0/s1. The number of methoxy groups -OCH3 is 2. The Bertz CT molecular complexity index is 1340. The van der Waals surface area contributed by atoms with Crippen molar-refractivity contribution in [2.24, 2.45) is 0 Å². The summed E-state index contributed by atoms with van der Waals surface area (Å²) >= 11 is 0. The van der Waals surface area contributed by atoms with Crippen molar-refractivity contribution in [1.29, 1.82) is 0 Å². The molecule has 0 saturated carbocycles. The number of aryl methyl sites for hydroxylation is 2. The van der Waals surface area contributed by atoms with Crippen LogP contribution in [0.4, 0.5) is 4.39 Å². The number of aromatic nitrogens is 5. The van der Waals surface area contributed by atoms with E-state index in [9.17, 15) is 4.39 Å². The molecule has 1 aliphatic heterocycles. The van der Waals surface area contributed by atoms with Crippen molar-refractivity contribution in [2.75, 3.05) is 14.2 Å². The quantitative estimate of drug-likeness (QED) is 0.415. The number of fused-ring (bicyclic) bond motifs is 1. The van der Waals surface area contributed by atoms with E-state index in [0.29, 0.717) is 5.82 Å². The van der Waals surface area contributed by atoms with Crippen LogP contribution in [0.2, 0.25) is 0 Å². The lowest BCUT2D eigenvalue weighted by Gasteiger charge is -2.35. The highest BCUT2D eigenvalue weighted by atomic mass is 19.1. The van der Waals surface area contributed by atoms with E-state index in [1.807, 2.05) is 52.7 Å². The van der Waals surface area contributed by atoms with Gasteiger partial charge in [-0.05, 0) is 61.2 Å². The summed E-state index contributed by atoms with van der Waals surface area (Å²) in [5, 5.41) is 4.68. The van der Waals surface area contributed by atoms with E-state index < -0.39 is 5.60 Å². The summed E-state index contributed by atoms with van der Waals surface area (Å²) in [4.78, 5) is 9.09. The monoisotopic (exact) mass is 459 g/mol. The zero-order chi connectivity index (χ0) is 23.7. The molecule has 34 heavy (non-hydrogen) atoms. The summed E-state index contributed by atoms with van der Waals surface area (Å²) in [6.07, 6.45) is 9.20. The van der Waals surface area contributed by atoms with Crippen molar-refractivity contribution in [3.8, 4) is 11.4 Å². The van der Waals surface area contributed by atoms with Crippen molar-refractivity contribution in [3.63, 3.8) is 0 Å². The molecule has 0 radical (unpaired) electrons. The molecule has 2 aromatic carbocycles. The molecule has 8 heteroatoms. The minimum atomic E-state index is -0.751. The maximum Gasteiger partial charge on any atom is 0.174 e. The molecule has 5 rings (SSSR count). The van der Waals surface area contributed by atoms with Gasteiger partial charge in [-0.3, -0.25) is 0 Å². The molecule has 174 valence electrons. The van der Waals surface area contributed by atoms with Crippen LogP contribution in [0.5, 0.6) is 5.75 Å². The lowest BCUT2D eigenvalue weighted by molar-refractivity contribution is -0.00954. The second-order valence-corrected chi connectivity index (χ2v) is 8.35. The average molecular weight is 460 g/mol. The van der Waals surface area contributed by atoms with E-state index in [1.165, 1.54) is 12.1 Å². The van der Waals surface area contributed by atoms with E-state index in [1.54, 1.807) is 32.7 Å². The predicted octanol–water partition coefficient (Wildman–Crippen LogP) is 4.77. The van der Waals surface area contributed by atoms with Crippen molar-refractivity contribution >= 4 is 12.2 Å². The third kappa shape index (κ3) is 3.90. The van der Waals surface area contributed by atoms with Gasteiger partial charge in [0.2, 0.25) is 0 Å². The maximum atomic E-state index is 13.5. The summed E-state index contributed by atoms with van der Waals surface area (Å²) in [6, 6.07) is 12.4. The van der Waals surface area contributed by atoms with Gasteiger partial charge in [-0.15, -0.1) is 0 Å². The number of nitrogens with zero attached hydrogens (tertiary/aromatic N) is 5. The number of halogens is 1. The van der Waals surface area contributed by atoms with Gasteiger partial charge in [-0.2, -0.15) is 5.10 Å². The fraction of sp³-hybridized carbons (Fsp3) is 0.269. The van der Waals surface area contributed by atoms with E-state index in [-0.39, 0.29) is 5.82 Å². The summed E-state index contributed by atoms with van der Waals surface area (Å²) in [6.45, 7) is 2.71. The molecule has 0 N–H and O–H groups in total. The molecule has 1 aliphatic rings. The van der Waals surface area contributed by atoms with Crippen molar-refractivity contribution < 1.29 is 13.9 Å². The number of hydrogen-bond donors (Lipinski definition) is 0. The van der Waals surface area contributed by atoms with E-state index in [0.717, 1.165) is 53.5 Å². The highest BCUT2D eigenvalue weighted by Gasteiger charge is 2.41. The van der Waals surface area contributed by atoms with Crippen LogP contribution >= 0.6 is 0 Å². The largest absolute Gasteiger partial charge is 0.495 e. The Kier molecular flexibility index (Phi) is 5.75. The number of benzene rings is 2. The van der Waals surface area contributed by atoms with Gasteiger partial charge in [0.1, 0.15) is 11.6 Å². The maximum absolute atomic E-state index is 13.5. The number of imidazole rings is 1. The Morgan fingerprint density at radius 2 is 1.91 bits per heavy atom. The van der Waals surface area contributed by atoms with Gasteiger partial charge in [-0.25, -0.2) is 19.0 Å². The normalized spacial score (nSPS) is 17.8. The van der Waals surface area contributed by atoms with E-state index >= 15 is 0 Å². The van der Waals surface area contributed by atoms with Crippen LogP contribution in [0.3, 0.4) is 0 Å². The molecule has 0 saturated heterocycles. The lowest BCUT2D eigenvalue weighted by Crippen LogP contribution is -2.37. The third-order valence-electron chi connectivity index (χ3n) is 6.23. The first-order chi connectivity index (χ1) is 16.5. The highest BCUT2D eigenvalue weighted by molar-refractivity contribution is 5.69. The molecule has 0 unspecified atom stereocenters. The van der Waals surface area contributed by atoms with Crippen LogP contribution in [0.25, 0.3) is 17.8 Å². The summed E-state index contributed by atoms with van der Waals surface area (Å²) < 4.78 is 29.0. The molecule has 1 atom stereocenters. The molecule has 2 aromatic heterocycles. The molecular formula is C26H26FN5O2. The van der Waals surface area contributed by atoms with Crippen LogP contribution in [0.1, 0.15) is 41.3 Å². The predicted molar refractivity (Wildman–Crippen MR) is 127 cm³/mol. The SMILES string of the molecule is COc1cc(C=Cc2nc3n(n2)CCC[C@]3(OC)c2ccc(F)cc2)ccc1-n1cnc(C)c1. The van der Waals surface area contributed by atoms with Gasteiger partial charge in [-0.1, -0.05) is 24.3 Å². The molecule has 0 bridgehead atoms. The topological polar surface area (TPSA) is 67.0 Å². The molecule has 0 aliphatic carbocycles. The number of rotatable bonds is 6. The molecule has 7 nitrogen and oxygen atoms in total. The van der Waals surface area contributed by atoms with Crippen molar-refractivity contribution in [1.82, 2.24) is 24.3 Å². The summed E-state index contributed by atoms with van der Waals surface area (Å²) in [5.74, 6) is 1.79. The first kappa shape index (κ1) is 22.0. The first-order valence-electron chi connectivity index (χ1n) is 11.2. The minimum absolute atomic E-state index is 0.277. The van der Waals surface area contributed by atoms with Gasteiger partial charge in [0, 0.05) is 19.9 Å². The number of hydrogen-bond acceptors (Lipinski definition) is 5. The van der Waals surface area contributed by atoms with Crippen molar-refractivity contribution in [2.45, 2.75) is 31.9 Å². The molecule has 3 heterocycles. The van der Waals surface area contributed by atoms with Crippen LogP contribution in [0.15, 0.2) is 55.0 Å². The molecule has 4 aromatic rings. The van der Waals surface area contributed by atoms with Gasteiger partial charge >= 0.3 is 0 Å². The summed E-state index contributed by atoms with van der Waals surface area (Å²) in [7, 11) is 3.32. The van der Waals surface area contributed by atoms with Crippen molar-refractivity contribution in [3.05, 3.63) is 89.3 Å². The van der Waals surface area contributed by atoms with Gasteiger partial charge in [0.05, 0.1) is 24.8 Å². The van der Waals surface area contributed by atoms with Gasteiger partial charge in [0.25, 0.3) is 0 Å². The second kappa shape index (κ2) is 8.87. The number of ether oxygens (including phenoxy) is 2. The molecule has 0 spiro atoms. The Hall–Kier alpha value is -3.78. The zero-order valence-electron chi connectivity index (χ0n) is 19.4. The molecule has 0 amide bonds. The fourth-order valence-electron chi connectivity index (χ4n) is 4.51. The highest BCUT2D eigenvalue weighted by Crippen LogP contribution is 2.39. The average Bonchev–Trinajstić information content (AvgIpc) is 3.49. The molecule has 0 fully saturated rings. The zero-order valence-corrected chi connectivity index (χ0v) is 19.4. The van der Waals surface area contributed by atoms with Gasteiger partial charge in [0.15, 0.2) is 17.2 Å². The van der Waals surface area contributed by atoms with E-state index in [4.69, 9.17) is 14.5 Å². The third-order valence-corrected chi connectivity index (χ3v) is 6.23. The lowest BCUT2D eigenvalue weighted by atomic mass is 9.86. The fourth-order valence-corrected chi connectivity index (χ4v) is 4.51. The van der Waals surface area contributed by atoms with E-state index in [2.05, 4.69) is 10.1 Å². The Labute approximate surface area is 197 Å². The Morgan fingerprint density at radius 3 is 2.62 bits per heavy atom. The van der Waals surface area contributed by atoms with Gasteiger partial charge < -0.3 is 14.0 Å². The van der Waals surface area contributed by atoms with Crippen LogP contribution in [0, 0.1) is 12.7 Å². The minimum Gasteiger partial charge on any atom is -0.495 e.